The van der Waals surface area contributed by atoms with Crippen LogP contribution in [0.1, 0.15) is 32.6 Å². The minimum absolute atomic E-state index is 0.0250. The van der Waals surface area contributed by atoms with Crippen LogP contribution < -0.4 is 0 Å². The number of aliphatic hydroxyl groups is 1. The summed E-state index contributed by atoms with van der Waals surface area (Å²) in [5, 5.41) is 10.8. The fourth-order valence-corrected chi connectivity index (χ4v) is 3.16. The van der Waals surface area contributed by atoms with Crippen molar-refractivity contribution in [3.8, 4) is 0 Å². The molecule has 1 N–H and O–H groups in total. The smallest absolute Gasteiger partial charge is 0.0570 e. The van der Waals surface area contributed by atoms with E-state index in [4.69, 9.17) is 0 Å². The monoisotopic (exact) mass is 261 g/mol. The maximum Gasteiger partial charge on any atom is 0.0570 e. The first-order chi connectivity index (χ1) is 6.70. The maximum absolute atomic E-state index is 9.66. The largest absolute Gasteiger partial charge is 0.393 e. The average Bonchev–Trinajstić information content (AvgIpc) is 2.41. The van der Waals surface area contributed by atoms with E-state index < -0.39 is 0 Å². The zero-order chi connectivity index (χ0) is 10.1. The van der Waals surface area contributed by atoms with Crippen LogP contribution in [0.25, 0.3) is 0 Å². The lowest BCUT2D eigenvalue weighted by Gasteiger charge is -2.38. The molecular formula is C11H20BrNO. The van der Waals surface area contributed by atoms with E-state index in [1.165, 1.54) is 19.4 Å². The molecule has 0 aromatic rings. The van der Waals surface area contributed by atoms with Crippen molar-refractivity contribution < 1.29 is 5.11 Å². The van der Waals surface area contributed by atoms with Gasteiger partial charge in [-0.1, -0.05) is 22.9 Å². The van der Waals surface area contributed by atoms with Gasteiger partial charge >= 0.3 is 0 Å². The summed E-state index contributed by atoms with van der Waals surface area (Å²) in [6, 6.07) is 1.34. The van der Waals surface area contributed by atoms with Crippen LogP contribution in [0.5, 0.6) is 0 Å². The van der Waals surface area contributed by atoms with E-state index in [1.54, 1.807) is 0 Å². The lowest BCUT2D eigenvalue weighted by Crippen LogP contribution is -2.46. The van der Waals surface area contributed by atoms with Gasteiger partial charge in [-0.05, 0) is 31.6 Å². The topological polar surface area (TPSA) is 23.5 Å². The molecule has 14 heavy (non-hydrogen) atoms. The SMILES string of the molecule is CC(CBr)CN1C2CCC1CC(O)C2. The third-order valence-electron chi connectivity index (χ3n) is 3.65. The molecule has 3 heteroatoms. The minimum Gasteiger partial charge on any atom is -0.393 e. The number of piperidine rings is 1. The number of halogens is 1. The summed E-state index contributed by atoms with van der Waals surface area (Å²) in [6.07, 6.45) is 4.59. The van der Waals surface area contributed by atoms with E-state index >= 15 is 0 Å². The van der Waals surface area contributed by atoms with Crippen molar-refractivity contribution in [3.63, 3.8) is 0 Å². The summed E-state index contributed by atoms with van der Waals surface area (Å²) < 4.78 is 0. The Hall–Kier alpha value is 0.400. The lowest BCUT2D eigenvalue weighted by molar-refractivity contribution is 0.0298. The Kier molecular flexibility index (Phi) is 3.50. The quantitative estimate of drug-likeness (QED) is 0.786. The highest BCUT2D eigenvalue weighted by Gasteiger charge is 2.40. The van der Waals surface area contributed by atoms with Crippen molar-refractivity contribution in [1.29, 1.82) is 0 Å². The maximum atomic E-state index is 9.66. The number of fused-ring (bicyclic) bond motifs is 2. The average molecular weight is 262 g/mol. The van der Waals surface area contributed by atoms with Crippen LogP contribution in [0.15, 0.2) is 0 Å². The van der Waals surface area contributed by atoms with E-state index in [0.717, 1.165) is 24.1 Å². The number of alkyl halides is 1. The normalized spacial score (nSPS) is 40.1. The van der Waals surface area contributed by atoms with Crippen molar-refractivity contribution in [2.24, 2.45) is 5.92 Å². The van der Waals surface area contributed by atoms with Crippen LogP contribution in [0.4, 0.5) is 0 Å². The number of rotatable bonds is 3. The molecule has 2 bridgehead atoms. The molecule has 2 saturated heterocycles. The molecule has 0 spiro atoms. The van der Waals surface area contributed by atoms with Crippen LogP contribution in [0, 0.1) is 5.92 Å². The second-order valence-electron chi connectivity index (χ2n) is 4.97. The molecule has 3 atom stereocenters. The second kappa shape index (κ2) is 4.50. The number of aliphatic hydroxyl groups excluding tert-OH is 1. The molecule has 2 nitrogen and oxygen atoms in total. The van der Waals surface area contributed by atoms with E-state index in [2.05, 4.69) is 27.8 Å². The number of nitrogens with zero attached hydrogens (tertiary/aromatic N) is 1. The van der Waals surface area contributed by atoms with Gasteiger partial charge in [-0.15, -0.1) is 0 Å². The van der Waals surface area contributed by atoms with E-state index in [0.29, 0.717) is 12.1 Å². The lowest BCUT2D eigenvalue weighted by atomic mass is 9.98. The van der Waals surface area contributed by atoms with Crippen LogP contribution in [0.3, 0.4) is 0 Å². The Morgan fingerprint density at radius 1 is 1.36 bits per heavy atom. The molecule has 2 heterocycles. The van der Waals surface area contributed by atoms with Gasteiger partial charge in [-0.2, -0.15) is 0 Å². The Labute approximate surface area is 94.8 Å². The van der Waals surface area contributed by atoms with Crippen LogP contribution in [-0.4, -0.2) is 40.1 Å². The summed E-state index contributed by atoms with van der Waals surface area (Å²) in [4.78, 5) is 2.64. The third-order valence-corrected chi connectivity index (χ3v) is 4.75. The summed E-state index contributed by atoms with van der Waals surface area (Å²) in [5.41, 5.74) is 0. The Balaban J connectivity index is 1.94. The summed E-state index contributed by atoms with van der Waals surface area (Å²) in [7, 11) is 0. The first kappa shape index (κ1) is 10.9. The standard InChI is InChI=1S/C11H20BrNO/c1-8(6-12)7-13-9-2-3-10(13)5-11(14)4-9/h8-11,14H,2-7H2,1H3. The van der Waals surface area contributed by atoms with Gasteiger partial charge in [-0.3, -0.25) is 4.90 Å². The predicted octanol–water partition coefficient (Wildman–Crippen LogP) is 2.01. The molecule has 3 unspecified atom stereocenters. The molecule has 0 amide bonds. The molecule has 82 valence electrons. The molecule has 0 aromatic heterocycles. The second-order valence-corrected chi connectivity index (χ2v) is 5.61. The summed E-state index contributed by atoms with van der Waals surface area (Å²) in [6.45, 7) is 3.49. The van der Waals surface area contributed by atoms with Crippen molar-refractivity contribution >= 4 is 15.9 Å². The first-order valence-electron chi connectivity index (χ1n) is 5.70. The zero-order valence-electron chi connectivity index (χ0n) is 8.82. The first-order valence-corrected chi connectivity index (χ1v) is 6.82. The molecule has 0 radical (unpaired) electrons. The van der Waals surface area contributed by atoms with Gasteiger partial charge in [0, 0.05) is 24.0 Å². The molecule has 2 aliphatic rings. The molecule has 2 rings (SSSR count). The summed E-state index contributed by atoms with van der Waals surface area (Å²) in [5.74, 6) is 0.730. The highest BCUT2D eigenvalue weighted by molar-refractivity contribution is 9.09. The fraction of sp³-hybridized carbons (Fsp3) is 1.00. The number of hydrogen-bond acceptors (Lipinski definition) is 2. The van der Waals surface area contributed by atoms with E-state index in [1.807, 2.05) is 0 Å². The van der Waals surface area contributed by atoms with Gasteiger partial charge < -0.3 is 5.11 Å². The van der Waals surface area contributed by atoms with E-state index in [-0.39, 0.29) is 6.10 Å². The highest BCUT2D eigenvalue weighted by Crippen LogP contribution is 2.36. The van der Waals surface area contributed by atoms with Crippen LogP contribution in [0.2, 0.25) is 0 Å². The van der Waals surface area contributed by atoms with Crippen molar-refractivity contribution in [2.45, 2.75) is 50.8 Å². The predicted molar refractivity (Wildman–Crippen MR) is 61.7 cm³/mol. The fourth-order valence-electron chi connectivity index (χ4n) is 2.95. The molecule has 0 aromatic carbocycles. The van der Waals surface area contributed by atoms with Gasteiger partial charge in [0.2, 0.25) is 0 Å². The van der Waals surface area contributed by atoms with Gasteiger partial charge in [-0.25, -0.2) is 0 Å². The molecule has 2 aliphatic heterocycles. The van der Waals surface area contributed by atoms with Gasteiger partial charge in [0.05, 0.1) is 6.10 Å². The van der Waals surface area contributed by atoms with Gasteiger partial charge in [0.1, 0.15) is 0 Å². The van der Waals surface area contributed by atoms with Crippen molar-refractivity contribution in [3.05, 3.63) is 0 Å². The van der Waals surface area contributed by atoms with E-state index in [9.17, 15) is 5.11 Å². The molecule has 2 fully saturated rings. The van der Waals surface area contributed by atoms with Crippen LogP contribution >= 0.6 is 15.9 Å². The van der Waals surface area contributed by atoms with Gasteiger partial charge in [0.15, 0.2) is 0 Å². The number of hydrogen-bond donors (Lipinski definition) is 1. The Morgan fingerprint density at radius 2 is 1.93 bits per heavy atom. The zero-order valence-corrected chi connectivity index (χ0v) is 10.4. The summed E-state index contributed by atoms with van der Waals surface area (Å²) >= 11 is 3.54. The Morgan fingerprint density at radius 3 is 2.43 bits per heavy atom. The highest BCUT2D eigenvalue weighted by atomic mass is 79.9. The molecule has 0 saturated carbocycles. The Bertz CT molecular complexity index is 186. The van der Waals surface area contributed by atoms with Crippen molar-refractivity contribution in [2.75, 3.05) is 11.9 Å². The molecule has 0 aliphatic carbocycles. The van der Waals surface area contributed by atoms with Crippen molar-refractivity contribution in [1.82, 2.24) is 4.90 Å². The van der Waals surface area contributed by atoms with Gasteiger partial charge in [0.25, 0.3) is 0 Å². The third kappa shape index (κ3) is 2.15. The molecular weight excluding hydrogens is 242 g/mol. The van der Waals surface area contributed by atoms with Crippen LogP contribution in [-0.2, 0) is 0 Å². The minimum atomic E-state index is -0.0250.